The maximum absolute atomic E-state index is 5.96. The van der Waals surface area contributed by atoms with Crippen LogP contribution in [-0.2, 0) is 12.8 Å². The van der Waals surface area contributed by atoms with Gasteiger partial charge in [0.05, 0.1) is 6.61 Å². The molecule has 1 aliphatic heterocycles. The second kappa shape index (κ2) is 6.95. The minimum atomic E-state index is 0.467. The van der Waals surface area contributed by atoms with E-state index in [-0.39, 0.29) is 0 Å². The zero-order valence-electron chi connectivity index (χ0n) is 12.1. The van der Waals surface area contributed by atoms with Crippen molar-refractivity contribution < 1.29 is 4.74 Å². The van der Waals surface area contributed by atoms with E-state index in [2.05, 4.69) is 57.8 Å². The minimum Gasteiger partial charge on any atom is -0.493 e. The Morgan fingerprint density at radius 2 is 2.29 bits per heavy atom. The van der Waals surface area contributed by atoms with Gasteiger partial charge in [0.25, 0.3) is 0 Å². The van der Waals surface area contributed by atoms with Gasteiger partial charge in [-0.05, 0) is 53.0 Å². The van der Waals surface area contributed by atoms with Crippen LogP contribution in [0.25, 0.3) is 0 Å². The molecule has 1 aromatic heterocycles. The molecule has 21 heavy (non-hydrogen) atoms. The van der Waals surface area contributed by atoms with Crippen LogP contribution in [0.3, 0.4) is 0 Å². The fourth-order valence-electron chi connectivity index (χ4n) is 2.96. The highest BCUT2D eigenvalue weighted by Crippen LogP contribution is 2.30. The fourth-order valence-corrected chi connectivity index (χ4v) is 4.47. The van der Waals surface area contributed by atoms with Gasteiger partial charge >= 0.3 is 0 Å². The van der Waals surface area contributed by atoms with Gasteiger partial charge in [-0.15, -0.1) is 11.3 Å². The third kappa shape index (κ3) is 3.68. The third-order valence-corrected chi connectivity index (χ3v) is 5.71. The van der Waals surface area contributed by atoms with Crippen molar-refractivity contribution in [2.45, 2.75) is 25.8 Å². The van der Waals surface area contributed by atoms with Gasteiger partial charge in [-0.3, -0.25) is 0 Å². The number of benzene rings is 1. The van der Waals surface area contributed by atoms with Crippen LogP contribution in [0.1, 0.15) is 17.4 Å². The van der Waals surface area contributed by atoms with Gasteiger partial charge in [-0.25, -0.2) is 0 Å². The maximum Gasteiger partial charge on any atom is 0.122 e. The summed E-state index contributed by atoms with van der Waals surface area (Å²) in [6.07, 6.45) is 2.17. The molecule has 1 N–H and O–H groups in total. The van der Waals surface area contributed by atoms with Crippen molar-refractivity contribution in [3.05, 3.63) is 50.6 Å². The van der Waals surface area contributed by atoms with Gasteiger partial charge in [0.2, 0.25) is 0 Å². The maximum atomic E-state index is 5.96. The molecule has 3 rings (SSSR count). The number of fused-ring (bicyclic) bond motifs is 1. The first kappa shape index (κ1) is 15.1. The molecule has 2 atom stereocenters. The molecule has 1 aromatic carbocycles. The molecule has 0 spiro atoms. The summed E-state index contributed by atoms with van der Waals surface area (Å²) in [5, 5.41) is 5.81. The molecule has 0 fully saturated rings. The lowest BCUT2D eigenvalue weighted by Gasteiger charge is -2.32. The second-order valence-corrected chi connectivity index (χ2v) is 7.39. The number of nitrogens with one attached hydrogen (secondary N) is 1. The fraction of sp³-hybridized carbons (Fsp3) is 0.412. The van der Waals surface area contributed by atoms with E-state index in [0.29, 0.717) is 12.0 Å². The average Bonchev–Trinajstić information content (AvgIpc) is 2.91. The molecule has 0 saturated heterocycles. The molecule has 0 saturated carbocycles. The van der Waals surface area contributed by atoms with Crippen molar-refractivity contribution in [1.82, 2.24) is 5.32 Å². The van der Waals surface area contributed by atoms with E-state index in [1.807, 2.05) is 17.4 Å². The van der Waals surface area contributed by atoms with Crippen LogP contribution in [-0.4, -0.2) is 19.2 Å². The molecule has 0 aliphatic carbocycles. The number of halogens is 1. The number of hydrogen-bond acceptors (Lipinski definition) is 3. The zero-order valence-corrected chi connectivity index (χ0v) is 14.5. The lowest BCUT2D eigenvalue weighted by Crippen LogP contribution is -2.43. The summed E-state index contributed by atoms with van der Waals surface area (Å²) in [5.41, 5.74) is 1.34. The monoisotopic (exact) mass is 365 g/mol. The van der Waals surface area contributed by atoms with Crippen molar-refractivity contribution >= 4 is 27.3 Å². The van der Waals surface area contributed by atoms with Gasteiger partial charge in [0.15, 0.2) is 0 Å². The number of thiophene rings is 1. The first-order chi connectivity index (χ1) is 10.3. The van der Waals surface area contributed by atoms with Crippen molar-refractivity contribution in [2.24, 2.45) is 5.92 Å². The summed E-state index contributed by atoms with van der Waals surface area (Å²) in [6, 6.07) is 11.1. The lowest BCUT2D eigenvalue weighted by molar-refractivity contribution is 0.184. The standard InChI is InChI=1S/C17H20BrNOS/c1-2-19-16(9-15-8-14(18)11-21-15)13-7-12-5-3-4-6-17(12)20-10-13/h3-6,8,11,13,16,19H,2,7,9-10H2,1H3. The van der Waals surface area contributed by atoms with Crippen molar-refractivity contribution in [3.63, 3.8) is 0 Å². The van der Waals surface area contributed by atoms with E-state index in [4.69, 9.17) is 4.74 Å². The summed E-state index contributed by atoms with van der Waals surface area (Å²) in [5.74, 6) is 1.59. The SMILES string of the molecule is CCNC(Cc1cc(Br)cs1)C1COc2ccccc2C1. The van der Waals surface area contributed by atoms with E-state index >= 15 is 0 Å². The average molecular weight is 366 g/mol. The van der Waals surface area contributed by atoms with Gasteiger partial charge in [-0.1, -0.05) is 25.1 Å². The van der Waals surface area contributed by atoms with Crippen LogP contribution in [0.5, 0.6) is 5.75 Å². The summed E-state index contributed by atoms with van der Waals surface area (Å²) in [4.78, 5) is 1.42. The van der Waals surface area contributed by atoms with Gasteiger partial charge in [0.1, 0.15) is 5.75 Å². The number of likely N-dealkylation sites (N-methyl/N-ethyl adjacent to an activating group) is 1. The van der Waals surface area contributed by atoms with Crippen LogP contribution in [0.4, 0.5) is 0 Å². The minimum absolute atomic E-state index is 0.467. The van der Waals surface area contributed by atoms with Crippen LogP contribution in [0, 0.1) is 5.92 Å². The summed E-state index contributed by atoms with van der Waals surface area (Å²) >= 11 is 5.37. The third-order valence-electron chi connectivity index (χ3n) is 3.99. The Kier molecular flexibility index (Phi) is 4.99. The zero-order chi connectivity index (χ0) is 14.7. The Balaban J connectivity index is 1.72. The lowest BCUT2D eigenvalue weighted by atomic mass is 9.88. The Labute approximate surface area is 138 Å². The molecule has 0 amide bonds. The molecule has 112 valence electrons. The Hall–Kier alpha value is -0.840. The Bertz CT molecular complexity index is 598. The first-order valence-corrected chi connectivity index (χ1v) is 9.10. The molecule has 0 radical (unpaired) electrons. The van der Waals surface area contributed by atoms with Crippen LogP contribution < -0.4 is 10.1 Å². The van der Waals surface area contributed by atoms with E-state index in [1.54, 1.807) is 0 Å². The van der Waals surface area contributed by atoms with E-state index < -0.39 is 0 Å². The van der Waals surface area contributed by atoms with Crippen LogP contribution >= 0.6 is 27.3 Å². The van der Waals surface area contributed by atoms with E-state index in [1.165, 1.54) is 14.9 Å². The molecular weight excluding hydrogens is 346 g/mol. The molecule has 2 nitrogen and oxygen atoms in total. The second-order valence-electron chi connectivity index (χ2n) is 5.48. The van der Waals surface area contributed by atoms with Crippen LogP contribution in [0.15, 0.2) is 40.2 Å². The molecule has 2 unspecified atom stereocenters. The Morgan fingerprint density at radius 1 is 1.43 bits per heavy atom. The van der Waals surface area contributed by atoms with Gasteiger partial charge in [-0.2, -0.15) is 0 Å². The Morgan fingerprint density at radius 3 is 3.05 bits per heavy atom. The molecular formula is C17H20BrNOS. The van der Waals surface area contributed by atoms with Gasteiger partial charge in [0, 0.05) is 26.7 Å². The molecule has 0 bridgehead atoms. The largest absolute Gasteiger partial charge is 0.493 e. The number of para-hydroxylation sites is 1. The quantitative estimate of drug-likeness (QED) is 0.853. The number of hydrogen-bond donors (Lipinski definition) is 1. The van der Waals surface area contributed by atoms with Crippen LogP contribution in [0.2, 0.25) is 0 Å². The van der Waals surface area contributed by atoms with Gasteiger partial charge < -0.3 is 10.1 Å². The predicted octanol–water partition coefficient (Wildman–Crippen LogP) is 4.28. The van der Waals surface area contributed by atoms with Crippen molar-refractivity contribution in [3.8, 4) is 5.75 Å². The first-order valence-electron chi connectivity index (χ1n) is 7.43. The normalized spacial score (nSPS) is 18.9. The molecule has 1 aliphatic rings. The highest BCUT2D eigenvalue weighted by molar-refractivity contribution is 9.10. The molecule has 2 heterocycles. The highest BCUT2D eigenvalue weighted by atomic mass is 79.9. The summed E-state index contributed by atoms with van der Waals surface area (Å²) in [7, 11) is 0. The topological polar surface area (TPSA) is 21.3 Å². The summed E-state index contributed by atoms with van der Waals surface area (Å²) < 4.78 is 7.14. The molecule has 2 aromatic rings. The highest BCUT2D eigenvalue weighted by Gasteiger charge is 2.27. The van der Waals surface area contributed by atoms with Crippen molar-refractivity contribution in [2.75, 3.05) is 13.2 Å². The smallest absolute Gasteiger partial charge is 0.122 e. The predicted molar refractivity (Wildman–Crippen MR) is 92.3 cm³/mol. The van der Waals surface area contributed by atoms with E-state index in [9.17, 15) is 0 Å². The number of rotatable bonds is 5. The van der Waals surface area contributed by atoms with Crippen molar-refractivity contribution in [1.29, 1.82) is 0 Å². The van der Waals surface area contributed by atoms with E-state index in [0.717, 1.165) is 31.7 Å². The summed E-state index contributed by atoms with van der Waals surface area (Å²) in [6.45, 7) is 3.98. The number of ether oxygens (including phenoxy) is 1. The molecule has 4 heteroatoms.